The summed E-state index contributed by atoms with van der Waals surface area (Å²) in [5.41, 5.74) is 6.12. The Labute approximate surface area is 132 Å². The third-order valence-corrected chi connectivity index (χ3v) is 3.95. The van der Waals surface area contributed by atoms with Crippen molar-refractivity contribution >= 4 is 22.7 Å². The average Bonchev–Trinajstić information content (AvgIpc) is 3.00. The van der Waals surface area contributed by atoms with Crippen molar-refractivity contribution in [2.45, 2.75) is 6.92 Å². The van der Waals surface area contributed by atoms with Crippen molar-refractivity contribution in [2.75, 3.05) is 5.43 Å². The van der Waals surface area contributed by atoms with Crippen molar-refractivity contribution in [1.29, 1.82) is 0 Å². The van der Waals surface area contributed by atoms with Gasteiger partial charge >= 0.3 is 0 Å². The largest absolute Gasteiger partial charge is 0.253 e. The lowest BCUT2D eigenvalue weighted by atomic mass is 10.1. The fourth-order valence-corrected chi connectivity index (χ4v) is 2.70. The van der Waals surface area contributed by atoms with E-state index in [1.54, 1.807) is 6.07 Å². The molecule has 0 aliphatic heterocycles. The van der Waals surface area contributed by atoms with E-state index in [-0.39, 0.29) is 5.82 Å². The summed E-state index contributed by atoms with van der Waals surface area (Å²) in [6.45, 7) is 1.85. The molecule has 3 nitrogen and oxygen atoms in total. The molecule has 0 spiro atoms. The van der Waals surface area contributed by atoms with Crippen LogP contribution < -0.4 is 5.43 Å². The van der Waals surface area contributed by atoms with Crippen LogP contribution in [0.3, 0.4) is 0 Å². The van der Waals surface area contributed by atoms with Gasteiger partial charge in [-0.25, -0.2) is 9.37 Å². The van der Waals surface area contributed by atoms with E-state index in [0.717, 1.165) is 16.8 Å². The van der Waals surface area contributed by atoms with E-state index in [9.17, 15) is 4.39 Å². The predicted octanol–water partition coefficient (Wildman–Crippen LogP) is 4.70. The minimum absolute atomic E-state index is 0.283. The van der Waals surface area contributed by atoms with Gasteiger partial charge in [0, 0.05) is 16.5 Å². The lowest BCUT2D eigenvalue weighted by Gasteiger charge is -2.00. The number of benzene rings is 2. The number of nitrogens with one attached hydrogen (secondary N) is 1. The Morgan fingerprint density at radius 2 is 1.95 bits per heavy atom. The van der Waals surface area contributed by atoms with Crippen LogP contribution in [0, 0.1) is 12.7 Å². The molecular formula is C17H14FN3S. The van der Waals surface area contributed by atoms with Crippen LogP contribution in [0.5, 0.6) is 0 Å². The van der Waals surface area contributed by atoms with Crippen molar-refractivity contribution in [2.24, 2.45) is 5.10 Å². The fraction of sp³-hybridized carbons (Fsp3) is 0.0588. The van der Waals surface area contributed by atoms with Crippen molar-refractivity contribution < 1.29 is 4.39 Å². The van der Waals surface area contributed by atoms with E-state index in [4.69, 9.17) is 0 Å². The van der Waals surface area contributed by atoms with Crippen LogP contribution >= 0.6 is 11.3 Å². The van der Waals surface area contributed by atoms with Gasteiger partial charge in [-0.2, -0.15) is 5.10 Å². The molecule has 0 fully saturated rings. The summed E-state index contributed by atoms with van der Waals surface area (Å²) in [6, 6.07) is 14.9. The van der Waals surface area contributed by atoms with Gasteiger partial charge in [0.15, 0.2) is 0 Å². The number of aryl methyl sites for hydroxylation is 1. The van der Waals surface area contributed by atoms with E-state index in [1.165, 1.54) is 23.6 Å². The molecule has 0 unspecified atom stereocenters. The van der Waals surface area contributed by atoms with Crippen molar-refractivity contribution in [1.82, 2.24) is 4.98 Å². The lowest BCUT2D eigenvalue weighted by Crippen LogP contribution is -1.95. The Balaban J connectivity index is 1.72. The highest BCUT2D eigenvalue weighted by Crippen LogP contribution is 2.24. The molecule has 1 heterocycles. The first-order valence-corrected chi connectivity index (χ1v) is 7.67. The summed E-state index contributed by atoms with van der Waals surface area (Å²) < 4.78 is 13.7. The summed E-state index contributed by atoms with van der Waals surface area (Å²) in [4.78, 5) is 4.46. The molecule has 0 aliphatic carbocycles. The Hall–Kier alpha value is -2.53. The summed E-state index contributed by atoms with van der Waals surface area (Å²) in [5, 5.41) is 6.70. The number of anilines is 1. The normalized spacial score (nSPS) is 11.0. The van der Waals surface area contributed by atoms with Crippen molar-refractivity contribution in [3.63, 3.8) is 0 Å². The van der Waals surface area contributed by atoms with Gasteiger partial charge in [0.05, 0.1) is 11.9 Å². The number of hydrazone groups is 1. The quantitative estimate of drug-likeness (QED) is 0.560. The van der Waals surface area contributed by atoms with E-state index >= 15 is 0 Å². The molecule has 0 saturated heterocycles. The molecule has 0 bridgehead atoms. The summed E-state index contributed by atoms with van der Waals surface area (Å²) >= 11 is 1.46. The molecule has 0 atom stereocenters. The minimum atomic E-state index is -0.283. The van der Waals surface area contributed by atoms with Crippen LogP contribution in [0.15, 0.2) is 59.0 Å². The molecule has 22 heavy (non-hydrogen) atoms. The van der Waals surface area contributed by atoms with Gasteiger partial charge in [-0.1, -0.05) is 42.5 Å². The van der Waals surface area contributed by atoms with Gasteiger partial charge in [-0.15, -0.1) is 11.3 Å². The van der Waals surface area contributed by atoms with Crippen LogP contribution in [0.4, 0.5) is 9.52 Å². The topological polar surface area (TPSA) is 37.3 Å². The molecule has 0 saturated carbocycles. The number of hydrogen-bond donors (Lipinski definition) is 1. The smallest absolute Gasteiger partial charge is 0.203 e. The Morgan fingerprint density at radius 3 is 2.73 bits per heavy atom. The predicted molar refractivity (Wildman–Crippen MR) is 89.9 cm³/mol. The number of aromatic nitrogens is 1. The number of thiazole rings is 1. The van der Waals surface area contributed by atoms with Gasteiger partial charge < -0.3 is 0 Å². The fourth-order valence-electron chi connectivity index (χ4n) is 2.03. The average molecular weight is 311 g/mol. The Bertz CT molecular complexity index is 776. The van der Waals surface area contributed by atoms with Gasteiger partial charge in [0.1, 0.15) is 5.82 Å². The highest BCUT2D eigenvalue weighted by Gasteiger charge is 2.04. The standard InChI is InChI=1S/C17H14FN3S/c1-12-6-5-9-15(18)14(12)10-19-21-17-20-16(11-22-17)13-7-3-2-4-8-13/h2-11H,1H3,(H,20,21). The summed E-state index contributed by atoms with van der Waals surface area (Å²) in [5.74, 6) is -0.283. The number of halogens is 1. The first-order chi connectivity index (χ1) is 10.7. The molecule has 0 radical (unpaired) electrons. The summed E-state index contributed by atoms with van der Waals surface area (Å²) in [6.07, 6.45) is 1.48. The molecule has 110 valence electrons. The molecular weight excluding hydrogens is 297 g/mol. The molecule has 0 amide bonds. The highest BCUT2D eigenvalue weighted by atomic mass is 32.1. The maximum absolute atomic E-state index is 13.7. The molecule has 0 aliphatic rings. The molecule has 3 rings (SSSR count). The molecule has 3 aromatic rings. The van der Waals surface area contributed by atoms with Crippen LogP contribution in [-0.4, -0.2) is 11.2 Å². The number of rotatable bonds is 4. The van der Waals surface area contributed by atoms with E-state index < -0.39 is 0 Å². The first-order valence-electron chi connectivity index (χ1n) is 6.79. The third kappa shape index (κ3) is 3.20. The van der Waals surface area contributed by atoms with Crippen LogP contribution in [0.25, 0.3) is 11.3 Å². The zero-order valence-corrected chi connectivity index (χ0v) is 12.8. The minimum Gasteiger partial charge on any atom is -0.253 e. The van der Waals surface area contributed by atoms with Crippen molar-refractivity contribution in [3.05, 3.63) is 70.9 Å². The van der Waals surface area contributed by atoms with Gasteiger partial charge in [0.25, 0.3) is 0 Å². The third-order valence-electron chi connectivity index (χ3n) is 3.20. The zero-order valence-electron chi connectivity index (χ0n) is 12.0. The number of nitrogens with zero attached hydrogens (tertiary/aromatic N) is 2. The second kappa shape index (κ2) is 6.49. The molecule has 1 N–H and O–H groups in total. The van der Waals surface area contributed by atoms with E-state index in [2.05, 4.69) is 15.5 Å². The molecule has 2 aromatic carbocycles. The SMILES string of the molecule is Cc1cccc(F)c1C=NNc1nc(-c2ccccc2)cs1. The lowest BCUT2D eigenvalue weighted by molar-refractivity contribution is 0.624. The monoisotopic (exact) mass is 311 g/mol. The van der Waals surface area contributed by atoms with Gasteiger partial charge in [0.2, 0.25) is 5.13 Å². The molecule has 1 aromatic heterocycles. The summed E-state index contributed by atoms with van der Waals surface area (Å²) in [7, 11) is 0. The second-order valence-corrected chi connectivity index (χ2v) is 5.60. The van der Waals surface area contributed by atoms with Gasteiger partial charge in [-0.3, -0.25) is 5.43 Å². The van der Waals surface area contributed by atoms with Crippen LogP contribution in [0.1, 0.15) is 11.1 Å². The second-order valence-electron chi connectivity index (χ2n) is 4.74. The highest BCUT2D eigenvalue weighted by molar-refractivity contribution is 7.14. The van der Waals surface area contributed by atoms with Crippen LogP contribution in [0.2, 0.25) is 0 Å². The maximum atomic E-state index is 13.7. The van der Waals surface area contributed by atoms with Gasteiger partial charge in [-0.05, 0) is 18.6 Å². The maximum Gasteiger partial charge on any atom is 0.203 e. The molecule has 5 heteroatoms. The van der Waals surface area contributed by atoms with E-state index in [0.29, 0.717) is 10.7 Å². The Morgan fingerprint density at radius 1 is 1.14 bits per heavy atom. The van der Waals surface area contributed by atoms with Crippen LogP contribution in [-0.2, 0) is 0 Å². The first kappa shape index (κ1) is 14.4. The Kier molecular flexibility index (Phi) is 4.25. The van der Waals surface area contributed by atoms with E-state index in [1.807, 2.05) is 48.7 Å². The van der Waals surface area contributed by atoms with Crippen molar-refractivity contribution in [3.8, 4) is 11.3 Å². The number of hydrogen-bond acceptors (Lipinski definition) is 4. The zero-order chi connectivity index (χ0) is 15.4.